The Morgan fingerprint density at radius 2 is 1.95 bits per heavy atom. The van der Waals surface area contributed by atoms with Crippen LogP contribution in [-0.4, -0.2) is 13.2 Å². The van der Waals surface area contributed by atoms with Crippen molar-refractivity contribution in [1.82, 2.24) is 0 Å². The summed E-state index contributed by atoms with van der Waals surface area (Å²) in [5.41, 5.74) is 4.89. The molecule has 2 aromatic carbocycles. The van der Waals surface area contributed by atoms with E-state index in [-0.39, 0.29) is 6.04 Å². The van der Waals surface area contributed by atoms with Crippen molar-refractivity contribution in [2.45, 2.75) is 19.4 Å². The molecule has 1 atom stereocenters. The largest absolute Gasteiger partial charge is 0.493 e. The molecule has 0 aliphatic carbocycles. The summed E-state index contributed by atoms with van der Waals surface area (Å²) in [6, 6.07) is 12.9. The third kappa shape index (κ3) is 1.90. The zero-order valence-corrected chi connectivity index (χ0v) is 11.5. The molecule has 3 nitrogen and oxygen atoms in total. The lowest BCUT2D eigenvalue weighted by Gasteiger charge is -2.28. The van der Waals surface area contributed by atoms with Gasteiger partial charge in [-0.1, -0.05) is 12.1 Å². The summed E-state index contributed by atoms with van der Waals surface area (Å²) in [4.78, 5) is 0. The van der Waals surface area contributed by atoms with Gasteiger partial charge in [0.2, 0.25) is 0 Å². The Kier molecular flexibility index (Phi) is 2.59. The fourth-order valence-corrected chi connectivity index (χ4v) is 2.89. The van der Waals surface area contributed by atoms with E-state index >= 15 is 0 Å². The van der Waals surface area contributed by atoms with Crippen LogP contribution in [0.25, 0.3) is 0 Å². The second kappa shape index (κ2) is 4.44. The minimum absolute atomic E-state index is 0.204. The summed E-state index contributed by atoms with van der Waals surface area (Å²) in [6.45, 7) is 3.56. The maximum atomic E-state index is 5.87. The highest BCUT2D eigenvalue weighted by molar-refractivity contribution is 5.61. The summed E-state index contributed by atoms with van der Waals surface area (Å²) < 4.78 is 11.4. The number of ether oxygens (including phenoxy) is 2. The van der Waals surface area contributed by atoms with Crippen molar-refractivity contribution < 1.29 is 9.47 Å². The van der Waals surface area contributed by atoms with Gasteiger partial charge >= 0.3 is 0 Å². The van der Waals surface area contributed by atoms with Crippen molar-refractivity contribution in [3.63, 3.8) is 0 Å². The quantitative estimate of drug-likeness (QED) is 0.858. The third-order valence-corrected chi connectivity index (χ3v) is 3.99. The van der Waals surface area contributed by atoms with Gasteiger partial charge in [0.1, 0.15) is 18.1 Å². The van der Waals surface area contributed by atoms with E-state index in [0.717, 1.165) is 30.2 Å². The molecule has 1 N–H and O–H groups in total. The molecule has 102 valence electrons. The van der Waals surface area contributed by atoms with Crippen LogP contribution < -0.4 is 14.8 Å². The van der Waals surface area contributed by atoms with E-state index in [4.69, 9.17) is 9.47 Å². The van der Waals surface area contributed by atoms with Gasteiger partial charge in [0.15, 0.2) is 0 Å². The van der Waals surface area contributed by atoms with Crippen LogP contribution in [0.2, 0.25) is 0 Å². The first-order valence-electron chi connectivity index (χ1n) is 7.05. The molecule has 0 radical (unpaired) electrons. The van der Waals surface area contributed by atoms with Crippen molar-refractivity contribution in [2.24, 2.45) is 0 Å². The van der Waals surface area contributed by atoms with Crippen LogP contribution in [0.3, 0.4) is 0 Å². The highest BCUT2D eigenvalue weighted by Gasteiger charge is 2.22. The Bertz CT molecular complexity index is 666. The molecule has 0 aromatic heterocycles. The van der Waals surface area contributed by atoms with Crippen LogP contribution in [-0.2, 0) is 6.42 Å². The topological polar surface area (TPSA) is 30.5 Å². The molecular formula is C17H17NO2. The first-order valence-corrected chi connectivity index (χ1v) is 7.05. The molecule has 2 aromatic rings. The molecular weight excluding hydrogens is 250 g/mol. The minimum Gasteiger partial charge on any atom is -0.493 e. The standard InChI is InChI=1S/C17H17NO2/c1-11-2-4-17-14(8-11)18-15(10-20-17)12-3-5-16-13(9-12)6-7-19-16/h2-5,8-9,15,18H,6-7,10H2,1H3. The summed E-state index contributed by atoms with van der Waals surface area (Å²) in [6.07, 6.45) is 1.01. The van der Waals surface area contributed by atoms with Crippen molar-refractivity contribution in [2.75, 3.05) is 18.5 Å². The first-order chi connectivity index (χ1) is 9.79. The van der Waals surface area contributed by atoms with Crippen molar-refractivity contribution in [1.29, 1.82) is 0 Å². The van der Waals surface area contributed by atoms with Gasteiger partial charge < -0.3 is 14.8 Å². The van der Waals surface area contributed by atoms with Gasteiger partial charge in [0, 0.05) is 6.42 Å². The molecule has 4 rings (SSSR count). The lowest BCUT2D eigenvalue weighted by Crippen LogP contribution is -2.24. The predicted octanol–water partition coefficient (Wildman–Crippen LogP) is 3.48. The van der Waals surface area contributed by atoms with Gasteiger partial charge in [-0.05, 0) is 47.9 Å². The van der Waals surface area contributed by atoms with Gasteiger partial charge in [-0.3, -0.25) is 0 Å². The monoisotopic (exact) mass is 267 g/mol. The van der Waals surface area contributed by atoms with Gasteiger partial charge in [0.05, 0.1) is 18.3 Å². The van der Waals surface area contributed by atoms with Gasteiger partial charge in [-0.25, -0.2) is 0 Å². The van der Waals surface area contributed by atoms with E-state index in [1.54, 1.807) is 0 Å². The van der Waals surface area contributed by atoms with Crippen molar-refractivity contribution in [3.8, 4) is 11.5 Å². The number of nitrogens with one attached hydrogen (secondary N) is 1. The number of hydrogen-bond acceptors (Lipinski definition) is 3. The summed E-state index contributed by atoms with van der Waals surface area (Å²) >= 11 is 0. The van der Waals surface area contributed by atoms with Gasteiger partial charge in [-0.15, -0.1) is 0 Å². The Morgan fingerprint density at radius 1 is 1.05 bits per heavy atom. The van der Waals surface area contributed by atoms with E-state index in [1.165, 1.54) is 16.7 Å². The molecule has 0 saturated carbocycles. The zero-order valence-electron chi connectivity index (χ0n) is 11.5. The minimum atomic E-state index is 0.204. The van der Waals surface area contributed by atoms with Crippen LogP contribution in [0.1, 0.15) is 22.7 Å². The van der Waals surface area contributed by atoms with Crippen LogP contribution >= 0.6 is 0 Å². The molecule has 0 spiro atoms. The van der Waals surface area contributed by atoms with Crippen LogP contribution in [0.5, 0.6) is 11.5 Å². The van der Waals surface area contributed by atoms with Gasteiger partial charge in [-0.2, -0.15) is 0 Å². The second-order valence-electron chi connectivity index (χ2n) is 5.47. The van der Waals surface area contributed by atoms with Crippen LogP contribution in [0.4, 0.5) is 5.69 Å². The van der Waals surface area contributed by atoms with E-state index in [2.05, 4.69) is 42.6 Å². The van der Waals surface area contributed by atoms with Crippen LogP contribution in [0, 0.1) is 6.92 Å². The van der Waals surface area contributed by atoms with Crippen molar-refractivity contribution >= 4 is 5.69 Å². The average Bonchev–Trinajstić information content (AvgIpc) is 2.93. The third-order valence-electron chi connectivity index (χ3n) is 3.99. The smallest absolute Gasteiger partial charge is 0.142 e. The Morgan fingerprint density at radius 3 is 2.90 bits per heavy atom. The van der Waals surface area contributed by atoms with Crippen molar-refractivity contribution in [3.05, 3.63) is 53.1 Å². The Balaban J connectivity index is 1.64. The molecule has 0 bridgehead atoms. The van der Waals surface area contributed by atoms with Crippen LogP contribution in [0.15, 0.2) is 36.4 Å². The Labute approximate surface area is 118 Å². The summed E-state index contributed by atoms with van der Waals surface area (Å²) in [5.74, 6) is 1.97. The number of fused-ring (bicyclic) bond motifs is 2. The summed E-state index contributed by atoms with van der Waals surface area (Å²) in [7, 11) is 0. The van der Waals surface area contributed by atoms with E-state index in [1.807, 2.05) is 6.07 Å². The first kappa shape index (κ1) is 11.6. The average molecular weight is 267 g/mol. The van der Waals surface area contributed by atoms with E-state index in [9.17, 15) is 0 Å². The normalized spacial score (nSPS) is 19.4. The number of anilines is 1. The highest BCUT2D eigenvalue weighted by atomic mass is 16.5. The molecule has 20 heavy (non-hydrogen) atoms. The molecule has 2 aliphatic heterocycles. The number of aryl methyl sites for hydroxylation is 1. The lowest BCUT2D eigenvalue weighted by atomic mass is 10.0. The number of rotatable bonds is 1. The lowest BCUT2D eigenvalue weighted by molar-refractivity contribution is 0.286. The molecule has 0 saturated heterocycles. The molecule has 2 heterocycles. The molecule has 2 aliphatic rings. The van der Waals surface area contributed by atoms with E-state index < -0.39 is 0 Å². The zero-order chi connectivity index (χ0) is 13.5. The van der Waals surface area contributed by atoms with E-state index in [0.29, 0.717) is 6.61 Å². The number of benzene rings is 2. The fraction of sp³-hybridized carbons (Fsp3) is 0.294. The fourth-order valence-electron chi connectivity index (χ4n) is 2.89. The highest BCUT2D eigenvalue weighted by Crippen LogP contribution is 2.36. The molecule has 0 amide bonds. The second-order valence-corrected chi connectivity index (χ2v) is 5.47. The maximum Gasteiger partial charge on any atom is 0.142 e. The Hall–Kier alpha value is -2.16. The summed E-state index contributed by atoms with van der Waals surface area (Å²) in [5, 5.41) is 3.58. The van der Waals surface area contributed by atoms with Gasteiger partial charge in [0.25, 0.3) is 0 Å². The molecule has 3 heteroatoms. The number of hydrogen-bond donors (Lipinski definition) is 1. The SMILES string of the molecule is Cc1ccc2c(c1)NC(c1ccc3c(c1)CCO3)CO2. The molecule has 1 unspecified atom stereocenters. The maximum absolute atomic E-state index is 5.87. The predicted molar refractivity (Wildman–Crippen MR) is 78.7 cm³/mol. The molecule has 0 fully saturated rings.